The third kappa shape index (κ3) is 4.47. The molecule has 1 saturated carbocycles. The smallest absolute Gasteiger partial charge is 0.407 e. The maximum Gasteiger partial charge on any atom is 0.407 e. The molecule has 0 bridgehead atoms. The first kappa shape index (κ1) is 21.9. The molecule has 0 saturated heterocycles. The predicted molar refractivity (Wildman–Crippen MR) is 119 cm³/mol. The first-order valence-electron chi connectivity index (χ1n) is 11.1. The minimum Gasteiger partial charge on any atom is -0.481 e. The highest BCUT2D eigenvalue weighted by Gasteiger charge is 2.34. The van der Waals surface area contributed by atoms with Gasteiger partial charge in [-0.2, -0.15) is 0 Å². The Morgan fingerprint density at radius 1 is 1.03 bits per heavy atom. The number of carbonyl (C=O) groups excluding carboxylic acids is 2. The Balaban J connectivity index is 1.28. The zero-order valence-corrected chi connectivity index (χ0v) is 18.0. The molecule has 2 aromatic carbocycles. The number of carbonyl (C=O) groups is 3. The number of rotatable bonds is 7. The molecule has 2 aliphatic rings. The van der Waals surface area contributed by atoms with Crippen molar-refractivity contribution in [3.05, 3.63) is 59.7 Å². The van der Waals surface area contributed by atoms with Crippen LogP contribution >= 0.6 is 0 Å². The van der Waals surface area contributed by atoms with Crippen molar-refractivity contribution in [3.63, 3.8) is 0 Å². The molecule has 3 atom stereocenters. The SMILES string of the molecule is CC(CNC(=O)OCC1c2ccccc2-c2ccccc21)C(=O)N[C@H]1CCC[C@H]1C(=O)O. The Labute approximate surface area is 187 Å². The fourth-order valence-corrected chi connectivity index (χ4v) is 4.73. The summed E-state index contributed by atoms with van der Waals surface area (Å²) >= 11 is 0. The second-order valence-corrected chi connectivity index (χ2v) is 8.60. The monoisotopic (exact) mass is 436 g/mol. The summed E-state index contributed by atoms with van der Waals surface area (Å²) < 4.78 is 5.49. The zero-order chi connectivity index (χ0) is 22.7. The Bertz CT molecular complexity index is 975. The van der Waals surface area contributed by atoms with E-state index in [-0.39, 0.29) is 31.0 Å². The molecule has 7 nitrogen and oxygen atoms in total. The normalized spacial score (nSPS) is 20.2. The second kappa shape index (κ2) is 9.42. The molecule has 0 spiro atoms. The summed E-state index contributed by atoms with van der Waals surface area (Å²) in [5.74, 6) is -2.20. The largest absolute Gasteiger partial charge is 0.481 e. The van der Waals surface area contributed by atoms with Gasteiger partial charge in [-0.15, -0.1) is 0 Å². The van der Waals surface area contributed by atoms with Gasteiger partial charge in [0, 0.05) is 18.5 Å². The molecular formula is C25H28N2O5. The van der Waals surface area contributed by atoms with E-state index < -0.39 is 23.9 Å². The van der Waals surface area contributed by atoms with Crippen LogP contribution in [0.4, 0.5) is 4.79 Å². The molecule has 0 heterocycles. The molecule has 32 heavy (non-hydrogen) atoms. The van der Waals surface area contributed by atoms with E-state index in [0.717, 1.165) is 28.7 Å². The number of alkyl carbamates (subject to hydrolysis) is 1. The number of hydrogen-bond donors (Lipinski definition) is 3. The van der Waals surface area contributed by atoms with Gasteiger partial charge in [-0.05, 0) is 35.1 Å². The van der Waals surface area contributed by atoms with Crippen LogP contribution in [0.5, 0.6) is 0 Å². The van der Waals surface area contributed by atoms with Gasteiger partial charge in [0.2, 0.25) is 5.91 Å². The number of carboxylic acids is 1. The van der Waals surface area contributed by atoms with Crippen LogP contribution in [0.3, 0.4) is 0 Å². The highest BCUT2D eigenvalue weighted by atomic mass is 16.5. The summed E-state index contributed by atoms with van der Waals surface area (Å²) in [6, 6.07) is 15.9. The van der Waals surface area contributed by atoms with E-state index in [1.807, 2.05) is 24.3 Å². The average Bonchev–Trinajstić information content (AvgIpc) is 3.38. The van der Waals surface area contributed by atoms with Gasteiger partial charge in [-0.1, -0.05) is 61.9 Å². The zero-order valence-electron chi connectivity index (χ0n) is 18.0. The van der Waals surface area contributed by atoms with Crippen LogP contribution in [0.2, 0.25) is 0 Å². The van der Waals surface area contributed by atoms with E-state index in [1.165, 1.54) is 0 Å². The van der Waals surface area contributed by atoms with E-state index in [9.17, 15) is 19.5 Å². The highest BCUT2D eigenvalue weighted by molar-refractivity contribution is 5.81. The number of fused-ring (bicyclic) bond motifs is 3. The Hall–Kier alpha value is -3.35. The third-order valence-corrected chi connectivity index (χ3v) is 6.50. The van der Waals surface area contributed by atoms with Crippen molar-refractivity contribution in [2.75, 3.05) is 13.2 Å². The molecule has 2 aromatic rings. The lowest BCUT2D eigenvalue weighted by atomic mass is 9.98. The lowest BCUT2D eigenvalue weighted by Gasteiger charge is -2.20. The fourth-order valence-electron chi connectivity index (χ4n) is 4.73. The van der Waals surface area contributed by atoms with E-state index in [1.54, 1.807) is 6.92 Å². The molecule has 1 unspecified atom stereocenters. The summed E-state index contributed by atoms with van der Waals surface area (Å²) in [5.41, 5.74) is 4.60. The van der Waals surface area contributed by atoms with Gasteiger partial charge >= 0.3 is 12.1 Å². The van der Waals surface area contributed by atoms with Gasteiger partial charge in [0.25, 0.3) is 0 Å². The molecule has 0 aliphatic heterocycles. The first-order chi connectivity index (χ1) is 15.5. The molecule has 0 radical (unpaired) electrons. The minimum absolute atomic E-state index is 0.0239. The summed E-state index contributed by atoms with van der Waals surface area (Å²) in [5, 5.41) is 14.7. The predicted octanol–water partition coefficient (Wildman–Crippen LogP) is 3.53. The number of hydrogen-bond acceptors (Lipinski definition) is 4. The quantitative estimate of drug-likeness (QED) is 0.616. The van der Waals surface area contributed by atoms with Crippen LogP contribution in [-0.4, -0.2) is 42.3 Å². The average molecular weight is 437 g/mol. The van der Waals surface area contributed by atoms with Gasteiger partial charge in [0.05, 0.1) is 11.8 Å². The van der Waals surface area contributed by atoms with Crippen molar-refractivity contribution in [1.29, 1.82) is 0 Å². The Morgan fingerprint density at radius 3 is 2.28 bits per heavy atom. The van der Waals surface area contributed by atoms with Crippen molar-refractivity contribution >= 4 is 18.0 Å². The Kier molecular flexibility index (Phi) is 6.44. The lowest BCUT2D eigenvalue weighted by Crippen LogP contribution is -2.45. The van der Waals surface area contributed by atoms with Crippen LogP contribution in [0.25, 0.3) is 11.1 Å². The molecule has 7 heteroatoms. The summed E-state index contributed by atoms with van der Waals surface area (Å²) in [6.45, 7) is 2.03. The summed E-state index contributed by atoms with van der Waals surface area (Å²) in [6.07, 6.45) is 1.45. The van der Waals surface area contributed by atoms with Gasteiger partial charge in [0.15, 0.2) is 0 Å². The maximum atomic E-state index is 12.4. The standard InChI is InChI=1S/C25H28N2O5/c1-15(23(28)27-22-12-6-11-20(22)24(29)30)13-26-25(31)32-14-21-18-9-4-2-7-16(18)17-8-3-5-10-19(17)21/h2-5,7-10,15,20-22H,6,11-14H2,1H3,(H,26,31)(H,27,28)(H,29,30)/t15?,20-,22+/m1/s1. The Morgan fingerprint density at radius 2 is 1.66 bits per heavy atom. The van der Waals surface area contributed by atoms with Gasteiger partial charge < -0.3 is 20.5 Å². The molecule has 3 N–H and O–H groups in total. The van der Waals surface area contributed by atoms with Crippen molar-refractivity contribution in [2.45, 2.75) is 38.1 Å². The third-order valence-electron chi connectivity index (χ3n) is 6.50. The molecule has 0 aromatic heterocycles. The molecule has 2 amide bonds. The molecule has 1 fully saturated rings. The molecule has 4 rings (SSSR count). The van der Waals surface area contributed by atoms with Crippen molar-refractivity contribution in [2.24, 2.45) is 11.8 Å². The number of nitrogens with one attached hydrogen (secondary N) is 2. The van der Waals surface area contributed by atoms with Crippen molar-refractivity contribution in [3.8, 4) is 11.1 Å². The summed E-state index contributed by atoms with van der Waals surface area (Å²) in [4.78, 5) is 36.0. The number of amides is 2. The molecular weight excluding hydrogens is 408 g/mol. The van der Waals surface area contributed by atoms with E-state index in [2.05, 4.69) is 34.9 Å². The number of carboxylic acid groups (broad SMARTS) is 1. The van der Waals surface area contributed by atoms with Crippen molar-refractivity contribution < 1.29 is 24.2 Å². The van der Waals surface area contributed by atoms with Crippen LogP contribution in [-0.2, 0) is 14.3 Å². The van der Waals surface area contributed by atoms with Gasteiger partial charge in [-0.3, -0.25) is 9.59 Å². The number of aliphatic carboxylic acids is 1. The van der Waals surface area contributed by atoms with E-state index in [0.29, 0.717) is 12.8 Å². The van der Waals surface area contributed by atoms with Crippen LogP contribution in [0.15, 0.2) is 48.5 Å². The maximum absolute atomic E-state index is 12.4. The molecule has 2 aliphatic carbocycles. The second-order valence-electron chi connectivity index (χ2n) is 8.60. The highest BCUT2D eigenvalue weighted by Crippen LogP contribution is 2.44. The fraction of sp³-hybridized carbons (Fsp3) is 0.400. The van der Waals surface area contributed by atoms with Gasteiger partial charge in [0.1, 0.15) is 6.61 Å². The number of ether oxygens (including phenoxy) is 1. The van der Waals surface area contributed by atoms with Crippen molar-refractivity contribution in [1.82, 2.24) is 10.6 Å². The minimum atomic E-state index is -0.878. The molecule has 168 valence electrons. The summed E-state index contributed by atoms with van der Waals surface area (Å²) in [7, 11) is 0. The van der Waals surface area contributed by atoms with Gasteiger partial charge in [-0.25, -0.2) is 4.79 Å². The van der Waals surface area contributed by atoms with E-state index in [4.69, 9.17) is 4.74 Å². The topological polar surface area (TPSA) is 105 Å². The van der Waals surface area contributed by atoms with Crippen LogP contribution < -0.4 is 10.6 Å². The first-order valence-corrected chi connectivity index (χ1v) is 11.1. The lowest BCUT2D eigenvalue weighted by molar-refractivity contribution is -0.142. The van der Waals surface area contributed by atoms with Crippen LogP contribution in [0, 0.1) is 11.8 Å². The number of benzene rings is 2. The van der Waals surface area contributed by atoms with E-state index >= 15 is 0 Å². The van der Waals surface area contributed by atoms with Crippen LogP contribution in [0.1, 0.15) is 43.2 Å².